The molecule has 0 saturated heterocycles. The molecule has 1 aliphatic rings. The number of aromatic carboxylic acids is 1. The van der Waals surface area contributed by atoms with E-state index in [1.54, 1.807) is 31.2 Å². The van der Waals surface area contributed by atoms with Crippen LogP contribution in [0.5, 0.6) is 0 Å². The monoisotopic (exact) mass is 729 g/mol. The highest BCUT2D eigenvalue weighted by Gasteiger charge is 2.49. The molecule has 0 spiro atoms. The van der Waals surface area contributed by atoms with E-state index in [0.29, 0.717) is 16.2 Å². The number of thioether (sulfide) groups is 1. The fourth-order valence-corrected chi connectivity index (χ4v) is 7.72. The Balaban J connectivity index is 1.35. The number of para-hydroxylation sites is 2. The first-order valence-electron chi connectivity index (χ1n) is 16.2. The number of fused-ring (bicyclic) bond motifs is 2. The number of hydrogen-bond donors (Lipinski definition) is 5. The van der Waals surface area contributed by atoms with Crippen LogP contribution in [0.3, 0.4) is 0 Å². The molecular formula is C37H38N4O8PS+. The SMILES string of the molecule is CC(C)CC(C(=O)N[C@H](C)CC1=C[N+](NC(=O)c2ccc(C(=O)O)cc2)(C(=O)O)c2ccccc21)C(O)(CSc1ccc2ccccc2n1)P=O. The average Bonchev–Trinajstić information content (AvgIpc) is 3.42. The zero-order valence-electron chi connectivity index (χ0n) is 28.1. The standard InChI is InChI=1S/C37H37N4O8PS/c1-22(2)18-29(37(48,50-49)21-51-32-17-16-24-8-4-6-10-30(24)39-32)34(43)38-23(3)19-27-20-41(36(46)47,31-11-7-5-9-28(27)31)40-33(42)25-12-14-26(15-13-25)35(44)45/h4-17,20,22-23,29,48H,18-19,21H2,1-3H3,(H3-,38,40,42,43,44,45,46,47)/p+1/t23-,29?,37?,41?/m1/s1. The molecule has 1 aromatic heterocycles. The summed E-state index contributed by atoms with van der Waals surface area (Å²) in [6.07, 6.45) is 0.418. The number of aromatic nitrogens is 1. The van der Waals surface area contributed by atoms with Crippen LogP contribution in [0.25, 0.3) is 16.5 Å². The van der Waals surface area contributed by atoms with Gasteiger partial charge in [0.1, 0.15) is 6.20 Å². The first-order valence-corrected chi connectivity index (χ1v) is 18.0. The van der Waals surface area contributed by atoms with Crippen molar-refractivity contribution in [2.75, 3.05) is 5.75 Å². The van der Waals surface area contributed by atoms with Gasteiger partial charge >= 0.3 is 12.1 Å². The molecular weight excluding hydrogens is 691 g/mol. The number of carbonyl (C=O) groups is 4. The van der Waals surface area contributed by atoms with Crippen molar-refractivity contribution >= 4 is 66.3 Å². The Morgan fingerprint density at radius 3 is 2.24 bits per heavy atom. The van der Waals surface area contributed by atoms with Crippen LogP contribution in [0.2, 0.25) is 0 Å². The topological polar surface area (TPSA) is 183 Å². The molecule has 0 fully saturated rings. The number of benzene rings is 3. The van der Waals surface area contributed by atoms with E-state index in [0.717, 1.165) is 10.9 Å². The molecule has 264 valence electrons. The number of carbonyl (C=O) groups excluding carboxylic acids is 2. The molecule has 2 heterocycles. The van der Waals surface area contributed by atoms with E-state index in [-0.39, 0.29) is 41.3 Å². The Labute approximate surface area is 300 Å². The average molecular weight is 730 g/mol. The summed E-state index contributed by atoms with van der Waals surface area (Å²) < 4.78 is 11.5. The molecule has 5 N–H and O–H groups in total. The van der Waals surface area contributed by atoms with Crippen molar-refractivity contribution in [3.8, 4) is 0 Å². The summed E-state index contributed by atoms with van der Waals surface area (Å²) in [5, 5.41) is 34.0. The fourth-order valence-electron chi connectivity index (χ4n) is 6.08. The number of nitrogens with zero attached hydrogens (tertiary/aromatic N) is 2. The lowest BCUT2D eigenvalue weighted by Gasteiger charge is -2.31. The second-order valence-electron chi connectivity index (χ2n) is 12.9. The van der Waals surface area contributed by atoms with Crippen molar-refractivity contribution in [2.45, 2.75) is 50.0 Å². The number of pyridine rings is 1. The normalized spacial score (nSPS) is 17.6. The third-order valence-electron chi connectivity index (χ3n) is 8.61. The van der Waals surface area contributed by atoms with Crippen LogP contribution in [0.1, 0.15) is 59.9 Å². The highest BCUT2D eigenvalue weighted by Crippen LogP contribution is 2.42. The predicted molar refractivity (Wildman–Crippen MR) is 195 cm³/mol. The van der Waals surface area contributed by atoms with E-state index in [9.17, 15) is 39.1 Å². The fraction of sp³-hybridized carbons (Fsp3) is 0.270. The third kappa shape index (κ3) is 8.18. The molecule has 3 amide bonds. The van der Waals surface area contributed by atoms with Crippen LogP contribution < -0.4 is 15.3 Å². The third-order valence-corrected chi connectivity index (χ3v) is 10.7. The molecule has 1 aliphatic heterocycles. The van der Waals surface area contributed by atoms with Crippen molar-refractivity contribution in [1.29, 1.82) is 0 Å². The second kappa shape index (κ2) is 15.5. The van der Waals surface area contributed by atoms with E-state index >= 15 is 0 Å². The maximum atomic E-state index is 13.9. The van der Waals surface area contributed by atoms with Crippen molar-refractivity contribution in [2.24, 2.45) is 11.8 Å². The second-order valence-corrected chi connectivity index (χ2v) is 14.8. The zero-order chi connectivity index (χ0) is 36.9. The Hall–Kier alpha value is -4.94. The number of hydrogen-bond acceptors (Lipinski definition) is 8. The maximum Gasteiger partial charge on any atom is 0.549 e. The van der Waals surface area contributed by atoms with Crippen LogP contribution in [0.4, 0.5) is 10.5 Å². The van der Waals surface area contributed by atoms with Gasteiger partial charge in [0.05, 0.1) is 22.0 Å². The highest BCUT2D eigenvalue weighted by molar-refractivity contribution is 7.99. The number of quaternary nitrogens is 1. The van der Waals surface area contributed by atoms with Crippen molar-refractivity contribution in [1.82, 2.24) is 20.3 Å². The van der Waals surface area contributed by atoms with E-state index in [1.807, 2.05) is 50.2 Å². The molecule has 14 heteroatoms. The Kier molecular flexibility index (Phi) is 11.4. The summed E-state index contributed by atoms with van der Waals surface area (Å²) >= 11 is 1.21. The molecule has 0 aliphatic carbocycles. The van der Waals surface area contributed by atoms with Crippen molar-refractivity contribution in [3.05, 3.63) is 108 Å². The minimum Gasteiger partial charge on any atom is -0.478 e. The molecule has 51 heavy (non-hydrogen) atoms. The molecule has 4 aromatic rings. The molecule has 0 bridgehead atoms. The number of rotatable bonds is 13. The summed E-state index contributed by atoms with van der Waals surface area (Å²) in [5.74, 6) is -3.53. The van der Waals surface area contributed by atoms with Gasteiger partial charge in [-0.2, -0.15) is 10.2 Å². The van der Waals surface area contributed by atoms with Gasteiger partial charge in [0.15, 0.2) is 19.5 Å². The van der Waals surface area contributed by atoms with Gasteiger partial charge in [0.25, 0.3) is 5.91 Å². The largest absolute Gasteiger partial charge is 0.549 e. The summed E-state index contributed by atoms with van der Waals surface area (Å²) in [7, 11) is -0.607. The molecule has 12 nitrogen and oxygen atoms in total. The minimum absolute atomic E-state index is 0.0185. The highest BCUT2D eigenvalue weighted by atomic mass is 32.2. The van der Waals surface area contributed by atoms with E-state index in [4.69, 9.17) is 0 Å². The predicted octanol–water partition coefficient (Wildman–Crippen LogP) is 6.95. The van der Waals surface area contributed by atoms with Crippen molar-refractivity contribution < 1.29 is 39.1 Å². The molecule has 4 atom stereocenters. The Morgan fingerprint density at radius 1 is 0.902 bits per heavy atom. The first-order chi connectivity index (χ1) is 24.3. The minimum atomic E-state index is -1.91. The molecule has 5 rings (SSSR count). The lowest BCUT2D eigenvalue weighted by atomic mass is 9.90. The zero-order valence-corrected chi connectivity index (χ0v) is 29.9. The summed E-state index contributed by atoms with van der Waals surface area (Å²) in [4.78, 5) is 55.9. The van der Waals surface area contributed by atoms with Gasteiger partial charge in [-0.15, -0.1) is 11.8 Å². The van der Waals surface area contributed by atoms with Crippen LogP contribution in [0.15, 0.2) is 96.2 Å². The quantitative estimate of drug-likeness (QED) is 0.0549. The van der Waals surface area contributed by atoms with Gasteiger partial charge in [-0.1, -0.05) is 54.8 Å². The van der Waals surface area contributed by atoms with Crippen LogP contribution in [-0.4, -0.2) is 61.3 Å². The smallest absolute Gasteiger partial charge is 0.478 e. The number of amides is 3. The summed E-state index contributed by atoms with van der Waals surface area (Å²) in [5.41, 5.74) is 4.75. The van der Waals surface area contributed by atoms with Gasteiger partial charge in [0.2, 0.25) is 5.91 Å². The summed E-state index contributed by atoms with van der Waals surface area (Å²) in [6, 6.07) is 22.6. The van der Waals surface area contributed by atoms with Gasteiger partial charge in [0, 0.05) is 39.9 Å². The Bertz CT molecular complexity index is 2020. The molecule has 0 radical (unpaired) electrons. The number of carboxylic acids is 1. The molecule has 0 saturated carbocycles. The van der Waals surface area contributed by atoms with Gasteiger partial charge in [-0.25, -0.2) is 9.78 Å². The number of nitrogens with one attached hydrogen (secondary N) is 2. The van der Waals surface area contributed by atoms with Crippen molar-refractivity contribution in [3.63, 3.8) is 0 Å². The Morgan fingerprint density at radius 2 is 1.57 bits per heavy atom. The molecule has 3 aromatic carbocycles. The lowest BCUT2D eigenvalue weighted by Crippen LogP contribution is -2.60. The number of aliphatic hydroxyl groups is 1. The van der Waals surface area contributed by atoms with Gasteiger partial charge in [-0.05, 0) is 68.1 Å². The van der Waals surface area contributed by atoms with E-state index < -0.39 is 54.2 Å². The lowest BCUT2D eigenvalue weighted by molar-refractivity contribution is -0.130. The van der Waals surface area contributed by atoms with Gasteiger partial charge in [-0.3, -0.25) is 14.2 Å². The van der Waals surface area contributed by atoms with Crippen LogP contribution in [-0.2, 0) is 9.36 Å². The first kappa shape index (κ1) is 37.3. The number of carboxylic acid groups (broad SMARTS) is 2. The van der Waals surface area contributed by atoms with E-state index in [1.165, 1.54) is 42.2 Å². The van der Waals surface area contributed by atoms with Crippen LogP contribution in [0, 0.1) is 11.8 Å². The molecule has 3 unspecified atom stereocenters. The maximum absolute atomic E-state index is 13.9. The van der Waals surface area contributed by atoms with Crippen LogP contribution >= 0.6 is 20.2 Å². The summed E-state index contributed by atoms with van der Waals surface area (Å²) in [6.45, 7) is 5.55. The van der Waals surface area contributed by atoms with E-state index in [2.05, 4.69) is 15.7 Å². The van der Waals surface area contributed by atoms with Gasteiger partial charge < -0.3 is 20.6 Å².